The molecule has 0 spiro atoms. The Kier molecular flexibility index (Phi) is 3.43. The minimum atomic E-state index is -4.42. The summed E-state index contributed by atoms with van der Waals surface area (Å²) < 4.78 is 38.7. The largest absolute Gasteiger partial charge is 0.417 e. The first-order valence-corrected chi connectivity index (χ1v) is 6.97. The molecule has 0 amide bonds. The minimum absolute atomic E-state index is 0.230. The van der Waals surface area contributed by atoms with Crippen molar-refractivity contribution < 1.29 is 18.3 Å². The van der Waals surface area contributed by atoms with Crippen LogP contribution in [0, 0.1) is 0 Å². The first-order chi connectivity index (χ1) is 10.0. The second-order valence-corrected chi connectivity index (χ2v) is 5.63. The summed E-state index contributed by atoms with van der Waals surface area (Å²) in [6, 6.07) is 10.3. The van der Waals surface area contributed by atoms with E-state index in [0.29, 0.717) is 20.7 Å². The monoisotopic (exact) mass is 309 g/mol. The van der Waals surface area contributed by atoms with Gasteiger partial charge in [-0.3, -0.25) is 4.98 Å². The fraction of sp³-hybridized carbons (Fsp3) is 0.133. The van der Waals surface area contributed by atoms with Crippen molar-refractivity contribution in [3.05, 3.63) is 53.0 Å². The van der Waals surface area contributed by atoms with E-state index >= 15 is 0 Å². The Labute approximate surface area is 122 Å². The molecule has 0 aliphatic heterocycles. The van der Waals surface area contributed by atoms with Crippen LogP contribution in [0.15, 0.2) is 42.6 Å². The van der Waals surface area contributed by atoms with Gasteiger partial charge in [-0.05, 0) is 11.6 Å². The number of thiophene rings is 1. The molecule has 0 unspecified atom stereocenters. The normalized spacial score (nSPS) is 12.0. The number of hydrogen-bond acceptors (Lipinski definition) is 3. The summed E-state index contributed by atoms with van der Waals surface area (Å²) in [5.74, 6) is 0. The molecule has 0 saturated carbocycles. The highest BCUT2D eigenvalue weighted by Crippen LogP contribution is 2.40. The Morgan fingerprint density at radius 2 is 1.86 bits per heavy atom. The number of aliphatic hydroxyl groups is 1. The lowest BCUT2D eigenvalue weighted by Gasteiger charge is -2.06. The Morgan fingerprint density at radius 1 is 1.14 bits per heavy atom. The Balaban J connectivity index is 2.25. The zero-order valence-electron chi connectivity index (χ0n) is 10.7. The molecular formula is C15H10F3NOS. The first kappa shape index (κ1) is 14.0. The topological polar surface area (TPSA) is 33.1 Å². The van der Waals surface area contributed by atoms with Crippen molar-refractivity contribution in [3.8, 4) is 11.1 Å². The van der Waals surface area contributed by atoms with Gasteiger partial charge in [-0.25, -0.2) is 0 Å². The van der Waals surface area contributed by atoms with E-state index in [9.17, 15) is 18.3 Å². The quantitative estimate of drug-likeness (QED) is 0.757. The SMILES string of the molecule is OCc1sc2cc(C(F)(F)F)cnc2c1-c1ccccc1. The fourth-order valence-corrected chi connectivity index (χ4v) is 3.28. The van der Waals surface area contributed by atoms with E-state index < -0.39 is 11.7 Å². The van der Waals surface area contributed by atoms with Gasteiger partial charge in [-0.2, -0.15) is 13.2 Å². The molecule has 108 valence electrons. The number of alkyl halides is 3. The second-order valence-electron chi connectivity index (χ2n) is 4.49. The molecule has 0 bridgehead atoms. The van der Waals surface area contributed by atoms with Crippen molar-refractivity contribution in [3.63, 3.8) is 0 Å². The van der Waals surface area contributed by atoms with Gasteiger partial charge in [-0.1, -0.05) is 30.3 Å². The summed E-state index contributed by atoms with van der Waals surface area (Å²) in [6.45, 7) is -0.230. The van der Waals surface area contributed by atoms with Gasteiger partial charge in [0.05, 0.1) is 22.4 Å². The molecule has 0 atom stereocenters. The van der Waals surface area contributed by atoms with E-state index in [4.69, 9.17) is 0 Å². The highest BCUT2D eigenvalue weighted by Gasteiger charge is 2.31. The molecule has 2 aromatic heterocycles. The van der Waals surface area contributed by atoms with Crippen LogP contribution in [0.3, 0.4) is 0 Å². The van der Waals surface area contributed by atoms with Gasteiger partial charge in [0.15, 0.2) is 0 Å². The lowest BCUT2D eigenvalue weighted by Crippen LogP contribution is -2.04. The van der Waals surface area contributed by atoms with E-state index in [1.807, 2.05) is 30.3 Å². The molecule has 1 N–H and O–H groups in total. The van der Waals surface area contributed by atoms with E-state index in [0.717, 1.165) is 29.2 Å². The van der Waals surface area contributed by atoms with Gasteiger partial charge in [0.2, 0.25) is 0 Å². The zero-order chi connectivity index (χ0) is 15.0. The number of rotatable bonds is 2. The van der Waals surface area contributed by atoms with Gasteiger partial charge in [0.1, 0.15) is 0 Å². The van der Waals surface area contributed by atoms with Gasteiger partial charge < -0.3 is 5.11 Å². The molecule has 0 fully saturated rings. The number of fused-ring (bicyclic) bond motifs is 1. The highest BCUT2D eigenvalue weighted by atomic mass is 32.1. The van der Waals surface area contributed by atoms with Crippen LogP contribution in [-0.4, -0.2) is 10.1 Å². The summed E-state index contributed by atoms with van der Waals surface area (Å²) in [6.07, 6.45) is -3.58. The van der Waals surface area contributed by atoms with Crippen LogP contribution in [0.1, 0.15) is 10.4 Å². The summed E-state index contributed by atoms with van der Waals surface area (Å²) >= 11 is 1.14. The average molecular weight is 309 g/mol. The zero-order valence-corrected chi connectivity index (χ0v) is 11.5. The predicted octanol–water partition coefficient (Wildman–Crippen LogP) is 4.47. The van der Waals surface area contributed by atoms with Crippen LogP contribution < -0.4 is 0 Å². The summed E-state index contributed by atoms with van der Waals surface area (Å²) in [4.78, 5) is 4.59. The number of benzene rings is 1. The van der Waals surface area contributed by atoms with Crippen molar-refractivity contribution in [2.45, 2.75) is 12.8 Å². The summed E-state index contributed by atoms with van der Waals surface area (Å²) in [7, 11) is 0. The van der Waals surface area contributed by atoms with Crippen molar-refractivity contribution in [1.82, 2.24) is 4.98 Å². The Morgan fingerprint density at radius 3 is 2.48 bits per heavy atom. The Bertz CT molecular complexity index is 781. The number of nitrogens with zero attached hydrogens (tertiary/aromatic N) is 1. The van der Waals surface area contributed by atoms with Gasteiger partial charge in [0, 0.05) is 16.6 Å². The fourth-order valence-electron chi connectivity index (χ4n) is 2.19. The molecule has 3 rings (SSSR count). The third kappa shape index (κ3) is 2.52. The van der Waals surface area contributed by atoms with Crippen LogP contribution >= 0.6 is 11.3 Å². The number of aliphatic hydroxyl groups excluding tert-OH is 1. The highest BCUT2D eigenvalue weighted by molar-refractivity contribution is 7.19. The predicted molar refractivity (Wildman–Crippen MR) is 76.0 cm³/mol. The first-order valence-electron chi connectivity index (χ1n) is 6.15. The molecule has 2 heterocycles. The third-order valence-corrected chi connectivity index (χ3v) is 4.25. The van der Waals surface area contributed by atoms with Crippen molar-refractivity contribution in [1.29, 1.82) is 0 Å². The maximum Gasteiger partial charge on any atom is 0.417 e. The standard InChI is InChI=1S/C15H10F3NOS/c16-15(17,18)10-6-11-14(19-7-10)13(12(8-20)21-11)9-4-2-1-3-5-9/h1-7,20H,8H2. The third-order valence-electron chi connectivity index (χ3n) is 3.13. The van der Waals surface area contributed by atoms with Gasteiger partial charge in [0.25, 0.3) is 0 Å². The van der Waals surface area contributed by atoms with Crippen LogP contribution in [-0.2, 0) is 12.8 Å². The maximum atomic E-state index is 12.7. The molecule has 0 radical (unpaired) electrons. The summed E-state index contributed by atoms with van der Waals surface area (Å²) in [5, 5.41) is 9.47. The van der Waals surface area contributed by atoms with E-state index in [1.165, 1.54) is 0 Å². The second kappa shape index (κ2) is 5.13. The van der Waals surface area contributed by atoms with Crippen LogP contribution in [0.5, 0.6) is 0 Å². The van der Waals surface area contributed by atoms with E-state index in [-0.39, 0.29) is 6.61 Å². The van der Waals surface area contributed by atoms with Crippen LogP contribution in [0.25, 0.3) is 21.3 Å². The van der Waals surface area contributed by atoms with Gasteiger partial charge in [-0.15, -0.1) is 11.3 Å². The summed E-state index contributed by atoms with van der Waals surface area (Å²) in [5.41, 5.74) is 1.25. The number of aromatic nitrogens is 1. The number of halogens is 3. The van der Waals surface area contributed by atoms with Crippen molar-refractivity contribution >= 4 is 21.6 Å². The van der Waals surface area contributed by atoms with Crippen molar-refractivity contribution in [2.24, 2.45) is 0 Å². The lowest BCUT2D eigenvalue weighted by molar-refractivity contribution is -0.137. The van der Waals surface area contributed by atoms with Crippen molar-refractivity contribution in [2.75, 3.05) is 0 Å². The van der Waals surface area contributed by atoms with Crippen LogP contribution in [0.4, 0.5) is 13.2 Å². The number of pyridine rings is 1. The molecule has 0 aliphatic rings. The maximum absolute atomic E-state index is 12.7. The molecule has 0 aliphatic carbocycles. The van der Waals surface area contributed by atoms with Crippen LogP contribution in [0.2, 0.25) is 0 Å². The molecule has 6 heteroatoms. The van der Waals surface area contributed by atoms with Gasteiger partial charge >= 0.3 is 6.18 Å². The number of hydrogen-bond donors (Lipinski definition) is 1. The lowest BCUT2D eigenvalue weighted by atomic mass is 10.0. The average Bonchev–Trinajstić information content (AvgIpc) is 2.84. The minimum Gasteiger partial charge on any atom is -0.391 e. The molecule has 0 saturated heterocycles. The van der Waals surface area contributed by atoms with E-state index in [2.05, 4.69) is 4.98 Å². The Hall–Kier alpha value is -1.92. The molecular weight excluding hydrogens is 299 g/mol. The molecule has 3 aromatic rings. The smallest absolute Gasteiger partial charge is 0.391 e. The molecule has 21 heavy (non-hydrogen) atoms. The molecule has 2 nitrogen and oxygen atoms in total. The molecule has 1 aromatic carbocycles. The van der Waals surface area contributed by atoms with E-state index in [1.54, 1.807) is 0 Å².